The lowest BCUT2D eigenvalue weighted by atomic mass is 10.2. The molecule has 0 bridgehead atoms. The summed E-state index contributed by atoms with van der Waals surface area (Å²) in [4.78, 5) is 1.19. The molecular weight excluding hydrogens is 355 g/mol. The van der Waals surface area contributed by atoms with Crippen molar-refractivity contribution in [2.45, 2.75) is 11.8 Å². The standard InChI is InChI=1S/C16H16Cl2N2S2/c1-11-2-5-13(10-15(11)18)20-16(21)19-8-9-22-14-6-3-12(17)4-7-14/h2-7,10H,8-9H2,1H3,(H2,19,20,21). The Bertz CT molecular complexity index is 645. The number of hydrogen-bond acceptors (Lipinski definition) is 2. The maximum atomic E-state index is 6.09. The minimum Gasteiger partial charge on any atom is -0.362 e. The largest absolute Gasteiger partial charge is 0.362 e. The molecule has 0 heterocycles. The van der Waals surface area contributed by atoms with Crippen molar-refractivity contribution in [2.24, 2.45) is 0 Å². The minimum atomic E-state index is 0.594. The predicted octanol–water partition coefficient (Wildman–Crippen LogP) is 5.38. The normalized spacial score (nSPS) is 10.3. The van der Waals surface area contributed by atoms with E-state index in [0.29, 0.717) is 5.11 Å². The maximum Gasteiger partial charge on any atom is 0.170 e. The summed E-state index contributed by atoms with van der Waals surface area (Å²) in [5.74, 6) is 0.915. The van der Waals surface area contributed by atoms with E-state index in [0.717, 1.165) is 33.6 Å². The van der Waals surface area contributed by atoms with Crippen molar-refractivity contribution in [2.75, 3.05) is 17.6 Å². The SMILES string of the molecule is Cc1ccc(NC(=S)NCCSc2ccc(Cl)cc2)cc1Cl. The molecule has 0 atom stereocenters. The zero-order valence-electron chi connectivity index (χ0n) is 12.0. The van der Waals surface area contributed by atoms with Gasteiger partial charge in [-0.1, -0.05) is 29.3 Å². The Kier molecular flexibility index (Phi) is 6.83. The van der Waals surface area contributed by atoms with Gasteiger partial charge in [0.15, 0.2) is 5.11 Å². The minimum absolute atomic E-state index is 0.594. The van der Waals surface area contributed by atoms with Gasteiger partial charge in [0.1, 0.15) is 0 Å². The first-order valence-corrected chi connectivity index (χ1v) is 8.89. The van der Waals surface area contributed by atoms with Crippen LogP contribution in [0.4, 0.5) is 5.69 Å². The van der Waals surface area contributed by atoms with Crippen LogP contribution in [0.2, 0.25) is 10.0 Å². The number of benzene rings is 2. The molecule has 0 unspecified atom stereocenters. The highest BCUT2D eigenvalue weighted by atomic mass is 35.5. The zero-order valence-corrected chi connectivity index (χ0v) is 15.2. The quantitative estimate of drug-likeness (QED) is 0.419. The molecule has 0 fully saturated rings. The van der Waals surface area contributed by atoms with Crippen LogP contribution in [0.15, 0.2) is 47.4 Å². The van der Waals surface area contributed by atoms with Gasteiger partial charge in [-0.2, -0.15) is 0 Å². The van der Waals surface area contributed by atoms with Crippen LogP contribution in [-0.4, -0.2) is 17.4 Å². The summed E-state index contributed by atoms with van der Waals surface area (Å²) in [6, 6.07) is 13.6. The third-order valence-corrected chi connectivity index (χ3v) is 4.82. The lowest BCUT2D eigenvalue weighted by Gasteiger charge is -2.11. The second kappa shape index (κ2) is 8.63. The van der Waals surface area contributed by atoms with Crippen molar-refractivity contribution in [3.8, 4) is 0 Å². The summed E-state index contributed by atoms with van der Waals surface area (Å²) >= 11 is 19.0. The lowest BCUT2D eigenvalue weighted by molar-refractivity contribution is 0.990. The first kappa shape index (κ1) is 17.4. The molecule has 0 aliphatic rings. The Balaban J connectivity index is 1.71. The van der Waals surface area contributed by atoms with Crippen LogP contribution < -0.4 is 10.6 Å². The number of aryl methyl sites for hydroxylation is 1. The Morgan fingerprint density at radius 2 is 1.86 bits per heavy atom. The lowest BCUT2D eigenvalue weighted by Crippen LogP contribution is -2.30. The van der Waals surface area contributed by atoms with Gasteiger partial charge in [0.05, 0.1) is 0 Å². The zero-order chi connectivity index (χ0) is 15.9. The first-order chi connectivity index (χ1) is 10.5. The van der Waals surface area contributed by atoms with Crippen molar-refractivity contribution < 1.29 is 0 Å². The van der Waals surface area contributed by atoms with Gasteiger partial charge in [-0.15, -0.1) is 11.8 Å². The number of nitrogens with one attached hydrogen (secondary N) is 2. The number of thioether (sulfide) groups is 1. The second-order valence-corrected chi connectivity index (χ2v) is 7.07. The molecule has 2 N–H and O–H groups in total. The predicted molar refractivity (Wildman–Crippen MR) is 103 cm³/mol. The summed E-state index contributed by atoms with van der Waals surface area (Å²) in [6.07, 6.45) is 0. The summed E-state index contributed by atoms with van der Waals surface area (Å²) in [6.45, 7) is 2.75. The molecule has 0 aliphatic heterocycles. The van der Waals surface area contributed by atoms with Crippen LogP contribution >= 0.6 is 47.2 Å². The van der Waals surface area contributed by atoms with Gasteiger partial charge < -0.3 is 10.6 Å². The van der Waals surface area contributed by atoms with Crippen LogP contribution in [0.3, 0.4) is 0 Å². The Hall–Kier alpha value is -0.940. The molecule has 116 valence electrons. The molecular formula is C16H16Cl2N2S2. The van der Waals surface area contributed by atoms with E-state index in [1.807, 2.05) is 49.4 Å². The molecule has 0 aliphatic carbocycles. The van der Waals surface area contributed by atoms with Gasteiger partial charge in [-0.05, 0) is 61.1 Å². The first-order valence-electron chi connectivity index (χ1n) is 6.74. The van der Waals surface area contributed by atoms with E-state index in [-0.39, 0.29) is 0 Å². The molecule has 0 spiro atoms. The molecule has 2 nitrogen and oxygen atoms in total. The average Bonchev–Trinajstić information content (AvgIpc) is 2.49. The second-order valence-electron chi connectivity index (χ2n) is 4.65. The van der Waals surface area contributed by atoms with E-state index in [1.54, 1.807) is 11.8 Å². The molecule has 0 radical (unpaired) electrons. The van der Waals surface area contributed by atoms with Gasteiger partial charge in [0.2, 0.25) is 0 Å². The number of halogens is 2. The van der Waals surface area contributed by atoms with Gasteiger partial charge in [0, 0.05) is 32.9 Å². The molecule has 22 heavy (non-hydrogen) atoms. The van der Waals surface area contributed by atoms with E-state index >= 15 is 0 Å². The molecule has 0 amide bonds. The summed E-state index contributed by atoms with van der Waals surface area (Å²) in [5.41, 5.74) is 1.93. The molecule has 0 saturated carbocycles. The summed E-state index contributed by atoms with van der Waals surface area (Å²) in [5, 5.41) is 8.38. The van der Waals surface area contributed by atoms with E-state index in [4.69, 9.17) is 35.4 Å². The smallest absolute Gasteiger partial charge is 0.170 e. The van der Waals surface area contributed by atoms with Crippen LogP contribution in [0.25, 0.3) is 0 Å². The van der Waals surface area contributed by atoms with Crippen LogP contribution in [-0.2, 0) is 0 Å². The highest BCUT2D eigenvalue weighted by Crippen LogP contribution is 2.20. The van der Waals surface area contributed by atoms with E-state index in [2.05, 4.69) is 10.6 Å². The van der Waals surface area contributed by atoms with Crippen molar-refractivity contribution in [1.29, 1.82) is 0 Å². The number of anilines is 1. The fraction of sp³-hybridized carbons (Fsp3) is 0.188. The van der Waals surface area contributed by atoms with Crippen molar-refractivity contribution in [3.05, 3.63) is 58.1 Å². The molecule has 2 aromatic carbocycles. The third-order valence-electron chi connectivity index (χ3n) is 2.90. The number of hydrogen-bond donors (Lipinski definition) is 2. The van der Waals surface area contributed by atoms with Gasteiger partial charge in [-0.3, -0.25) is 0 Å². The van der Waals surface area contributed by atoms with E-state index in [1.165, 1.54) is 4.90 Å². The Labute approximate surface area is 150 Å². The molecule has 2 rings (SSSR count). The van der Waals surface area contributed by atoms with Crippen LogP contribution in [0, 0.1) is 6.92 Å². The van der Waals surface area contributed by atoms with Crippen molar-refractivity contribution >= 4 is 58.0 Å². The Morgan fingerprint density at radius 3 is 2.55 bits per heavy atom. The van der Waals surface area contributed by atoms with E-state index < -0.39 is 0 Å². The van der Waals surface area contributed by atoms with E-state index in [9.17, 15) is 0 Å². The summed E-state index contributed by atoms with van der Waals surface area (Å²) in [7, 11) is 0. The number of rotatable bonds is 5. The topological polar surface area (TPSA) is 24.1 Å². The fourth-order valence-corrected chi connectivity index (χ4v) is 3.00. The van der Waals surface area contributed by atoms with Gasteiger partial charge in [0.25, 0.3) is 0 Å². The average molecular weight is 371 g/mol. The number of thiocarbonyl (C=S) groups is 1. The summed E-state index contributed by atoms with van der Waals surface area (Å²) < 4.78 is 0. The van der Waals surface area contributed by atoms with Crippen LogP contribution in [0.1, 0.15) is 5.56 Å². The molecule has 0 saturated heterocycles. The highest BCUT2D eigenvalue weighted by Gasteiger charge is 2.01. The third kappa shape index (κ3) is 5.69. The van der Waals surface area contributed by atoms with Crippen LogP contribution in [0.5, 0.6) is 0 Å². The van der Waals surface area contributed by atoms with Gasteiger partial charge in [-0.25, -0.2) is 0 Å². The highest BCUT2D eigenvalue weighted by molar-refractivity contribution is 7.99. The maximum absolute atomic E-state index is 6.09. The molecule has 0 aromatic heterocycles. The van der Waals surface area contributed by atoms with Crippen molar-refractivity contribution in [3.63, 3.8) is 0 Å². The fourth-order valence-electron chi connectivity index (χ4n) is 1.71. The van der Waals surface area contributed by atoms with Crippen molar-refractivity contribution in [1.82, 2.24) is 5.32 Å². The molecule has 2 aromatic rings. The molecule has 6 heteroatoms. The van der Waals surface area contributed by atoms with Gasteiger partial charge >= 0.3 is 0 Å². The Morgan fingerprint density at radius 1 is 1.14 bits per heavy atom. The monoisotopic (exact) mass is 370 g/mol.